The molecular formula is C24H24N4O. The first-order chi connectivity index (χ1) is 13.9. The van der Waals surface area contributed by atoms with Crippen molar-refractivity contribution in [2.75, 3.05) is 0 Å². The lowest BCUT2D eigenvalue weighted by atomic mass is 10.0. The number of amides is 1. The van der Waals surface area contributed by atoms with Crippen molar-refractivity contribution in [2.24, 2.45) is 0 Å². The van der Waals surface area contributed by atoms with Crippen LogP contribution in [-0.4, -0.2) is 20.5 Å². The molecule has 5 nitrogen and oxygen atoms in total. The first kappa shape index (κ1) is 18.9. The zero-order valence-electron chi connectivity index (χ0n) is 17.2. The van der Waals surface area contributed by atoms with Crippen LogP contribution >= 0.6 is 0 Å². The van der Waals surface area contributed by atoms with Crippen LogP contribution < -0.4 is 5.32 Å². The highest BCUT2D eigenvalue weighted by Gasteiger charge is 2.16. The quantitative estimate of drug-likeness (QED) is 0.561. The van der Waals surface area contributed by atoms with Gasteiger partial charge >= 0.3 is 0 Å². The molecule has 0 saturated carbocycles. The van der Waals surface area contributed by atoms with E-state index in [-0.39, 0.29) is 5.91 Å². The Hall–Kier alpha value is -3.47. The van der Waals surface area contributed by atoms with Gasteiger partial charge in [-0.05, 0) is 67.6 Å². The maximum absolute atomic E-state index is 12.8. The van der Waals surface area contributed by atoms with E-state index in [1.165, 1.54) is 22.3 Å². The molecule has 0 saturated heterocycles. The van der Waals surface area contributed by atoms with Gasteiger partial charge in [-0.25, -0.2) is 9.50 Å². The summed E-state index contributed by atoms with van der Waals surface area (Å²) in [5.74, 6) is -0.178. The summed E-state index contributed by atoms with van der Waals surface area (Å²) in [5, 5.41) is 7.43. The van der Waals surface area contributed by atoms with Crippen molar-refractivity contribution < 1.29 is 4.79 Å². The second-order valence-electron chi connectivity index (χ2n) is 7.52. The third kappa shape index (κ3) is 3.63. The van der Waals surface area contributed by atoms with Gasteiger partial charge in [0.05, 0.1) is 11.9 Å². The van der Waals surface area contributed by atoms with Crippen LogP contribution in [0.5, 0.6) is 0 Å². The van der Waals surface area contributed by atoms with Crippen molar-refractivity contribution in [3.63, 3.8) is 0 Å². The van der Waals surface area contributed by atoms with Crippen molar-refractivity contribution in [3.05, 3.63) is 88.2 Å². The molecule has 2 aromatic carbocycles. The number of fused-ring (bicyclic) bond motifs is 1. The summed E-state index contributed by atoms with van der Waals surface area (Å²) >= 11 is 0. The topological polar surface area (TPSA) is 59.3 Å². The molecule has 4 aromatic rings. The average Bonchev–Trinajstić information content (AvgIpc) is 3.15. The van der Waals surface area contributed by atoms with Crippen molar-refractivity contribution >= 4 is 11.6 Å². The predicted octanol–water partition coefficient (Wildman–Crippen LogP) is 4.56. The number of aromatic nitrogens is 3. The molecule has 0 unspecified atom stereocenters. The van der Waals surface area contributed by atoms with Gasteiger partial charge in [0.15, 0.2) is 5.65 Å². The van der Waals surface area contributed by atoms with E-state index in [4.69, 9.17) is 0 Å². The Morgan fingerprint density at radius 1 is 0.931 bits per heavy atom. The molecule has 5 heteroatoms. The summed E-state index contributed by atoms with van der Waals surface area (Å²) in [6.07, 6.45) is 3.31. The number of hydrogen-bond donors (Lipinski definition) is 1. The Labute approximate surface area is 170 Å². The maximum atomic E-state index is 12.8. The number of aryl methyl sites for hydroxylation is 4. The highest BCUT2D eigenvalue weighted by Crippen LogP contribution is 2.23. The maximum Gasteiger partial charge on any atom is 0.257 e. The van der Waals surface area contributed by atoms with Crippen molar-refractivity contribution in [1.82, 2.24) is 19.9 Å². The number of rotatable bonds is 4. The minimum atomic E-state index is -0.178. The summed E-state index contributed by atoms with van der Waals surface area (Å²) in [5.41, 5.74) is 8.96. The zero-order chi connectivity index (χ0) is 20.5. The fourth-order valence-corrected chi connectivity index (χ4v) is 3.36. The molecule has 0 radical (unpaired) electrons. The molecular weight excluding hydrogens is 360 g/mol. The Morgan fingerprint density at radius 2 is 1.66 bits per heavy atom. The monoisotopic (exact) mass is 384 g/mol. The number of nitrogens with zero attached hydrogens (tertiary/aromatic N) is 3. The highest BCUT2D eigenvalue weighted by molar-refractivity contribution is 5.99. The number of carbonyl (C=O) groups excluding carboxylic acids is 1. The van der Waals surface area contributed by atoms with E-state index in [1.54, 1.807) is 16.9 Å². The molecule has 0 bridgehead atoms. The van der Waals surface area contributed by atoms with Gasteiger partial charge in [0.25, 0.3) is 5.91 Å². The van der Waals surface area contributed by atoms with E-state index in [9.17, 15) is 4.79 Å². The molecule has 0 fully saturated rings. The van der Waals surface area contributed by atoms with Crippen LogP contribution in [0.25, 0.3) is 16.9 Å². The first-order valence-electron chi connectivity index (χ1n) is 9.69. The lowest BCUT2D eigenvalue weighted by molar-refractivity contribution is 0.0952. The fraction of sp³-hybridized carbons (Fsp3) is 0.208. The second-order valence-corrected chi connectivity index (χ2v) is 7.52. The lowest BCUT2D eigenvalue weighted by Gasteiger charge is -2.08. The Morgan fingerprint density at radius 3 is 2.38 bits per heavy atom. The van der Waals surface area contributed by atoms with Crippen LogP contribution in [0.1, 0.15) is 38.2 Å². The zero-order valence-corrected chi connectivity index (χ0v) is 17.2. The fourth-order valence-electron chi connectivity index (χ4n) is 3.36. The SMILES string of the molecule is Cc1ccc(CNC(=O)c2cnn3c(-c4ccc(C)c(C)c4)ccnc23)cc1C. The molecule has 0 atom stereocenters. The van der Waals surface area contributed by atoms with Gasteiger partial charge < -0.3 is 5.32 Å². The van der Waals surface area contributed by atoms with Crippen LogP contribution in [0.4, 0.5) is 0 Å². The van der Waals surface area contributed by atoms with Gasteiger partial charge in [-0.15, -0.1) is 0 Å². The normalized spacial score (nSPS) is 11.0. The Bertz CT molecular complexity index is 1220. The standard InChI is InChI=1S/C24H24N4O/c1-15-5-7-19(11-17(15)3)13-26-24(29)21-14-27-28-22(9-10-25-23(21)28)20-8-6-16(2)18(4)12-20/h5-12,14H,13H2,1-4H3,(H,26,29). The van der Waals surface area contributed by atoms with Gasteiger partial charge in [-0.3, -0.25) is 4.79 Å². The molecule has 0 aliphatic heterocycles. The van der Waals surface area contributed by atoms with Crippen molar-refractivity contribution in [2.45, 2.75) is 34.2 Å². The van der Waals surface area contributed by atoms with Gasteiger partial charge in [0.2, 0.25) is 0 Å². The second kappa shape index (κ2) is 7.51. The van der Waals surface area contributed by atoms with E-state index in [0.717, 1.165) is 16.8 Å². The molecule has 2 heterocycles. The van der Waals surface area contributed by atoms with E-state index in [1.807, 2.05) is 12.1 Å². The number of carbonyl (C=O) groups is 1. The summed E-state index contributed by atoms with van der Waals surface area (Å²) in [7, 11) is 0. The largest absolute Gasteiger partial charge is 0.348 e. The Balaban J connectivity index is 1.62. The van der Waals surface area contributed by atoms with Gasteiger partial charge in [0, 0.05) is 18.3 Å². The highest BCUT2D eigenvalue weighted by atomic mass is 16.1. The summed E-state index contributed by atoms with van der Waals surface area (Å²) in [4.78, 5) is 17.2. The van der Waals surface area contributed by atoms with Crippen molar-refractivity contribution in [1.29, 1.82) is 0 Å². The van der Waals surface area contributed by atoms with E-state index in [2.05, 4.69) is 73.4 Å². The molecule has 2 aromatic heterocycles. The van der Waals surface area contributed by atoms with Crippen LogP contribution in [0.15, 0.2) is 54.9 Å². The van der Waals surface area contributed by atoms with E-state index >= 15 is 0 Å². The van der Waals surface area contributed by atoms with Crippen molar-refractivity contribution in [3.8, 4) is 11.3 Å². The molecule has 0 spiro atoms. The third-order valence-corrected chi connectivity index (χ3v) is 5.47. The minimum Gasteiger partial charge on any atom is -0.348 e. The van der Waals surface area contributed by atoms with E-state index in [0.29, 0.717) is 17.8 Å². The molecule has 0 aliphatic carbocycles. The number of benzene rings is 2. The smallest absolute Gasteiger partial charge is 0.257 e. The van der Waals surface area contributed by atoms with Crippen LogP contribution in [0.3, 0.4) is 0 Å². The number of hydrogen-bond acceptors (Lipinski definition) is 3. The van der Waals surface area contributed by atoms with Crippen LogP contribution in [-0.2, 0) is 6.54 Å². The van der Waals surface area contributed by atoms with Gasteiger partial charge in [0.1, 0.15) is 5.56 Å². The van der Waals surface area contributed by atoms with Gasteiger partial charge in [-0.2, -0.15) is 5.10 Å². The molecule has 4 rings (SSSR count). The van der Waals surface area contributed by atoms with Crippen LogP contribution in [0, 0.1) is 27.7 Å². The minimum absolute atomic E-state index is 0.178. The van der Waals surface area contributed by atoms with Crippen LogP contribution in [0.2, 0.25) is 0 Å². The molecule has 1 N–H and O–H groups in total. The Kier molecular flexibility index (Phi) is 4.89. The lowest BCUT2D eigenvalue weighted by Crippen LogP contribution is -2.22. The first-order valence-corrected chi connectivity index (χ1v) is 9.69. The molecule has 29 heavy (non-hydrogen) atoms. The van der Waals surface area contributed by atoms with E-state index < -0.39 is 0 Å². The molecule has 146 valence electrons. The summed E-state index contributed by atoms with van der Waals surface area (Å²) < 4.78 is 1.73. The average molecular weight is 384 g/mol. The number of nitrogens with one attached hydrogen (secondary N) is 1. The molecule has 0 aliphatic rings. The summed E-state index contributed by atoms with van der Waals surface area (Å²) in [6.45, 7) is 8.80. The van der Waals surface area contributed by atoms with Gasteiger partial charge in [-0.1, -0.05) is 30.3 Å². The third-order valence-electron chi connectivity index (χ3n) is 5.47. The molecule has 1 amide bonds. The summed E-state index contributed by atoms with van der Waals surface area (Å²) in [6, 6.07) is 14.4. The predicted molar refractivity (Wildman–Crippen MR) is 115 cm³/mol.